The van der Waals surface area contributed by atoms with Gasteiger partial charge in [-0.3, -0.25) is 4.79 Å². The summed E-state index contributed by atoms with van der Waals surface area (Å²) in [6.07, 6.45) is 1.50. The van der Waals surface area contributed by atoms with Gasteiger partial charge in [0, 0.05) is 24.0 Å². The number of carbonyl (C=O) groups excluding carboxylic acids is 1. The molecule has 1 aromatic heterocycles. The van der Waals surface area contributed by atoms with Crippen molar-refractivity contribution in [2.45, 2.75) is 20.8 Å². The highest BCUT2D eigenvalue weighted by Gasteiger charge is 2.24. The maximum absolute atomic E-state index is 13.1. The van der Waals surface area contributed by atoms with Gasteiger partial charge in [0.2, 0.25) is 0 Å². The van der Waals surface area contributed by atoms with Crippen LogP contribution in [0.4, 0.5) is 10.1 Å². The third-order valence-electron chi connectivity index (χ3n) is 2.99. The summed E-state index contributed by atoms with van der Waals surface area (Å²) in [5.41, 5.74) is 0.990. The number of rotatable bonds is 3. The molecule has 0 unspecified atom stereocenters. The molecule has 1 heterocycles. The Hall–Kier alpha value is -1.94. The normalized spacial score (nSPS) is 11.3. The average Bonchev–Trinajstić information content (AvgIpc) is 2.44. The van der Waals surface area contributed by atoms with E-state index in [0.29, 0.717) is 17.8 Å². The highest BCUT2D eigenvalue weighted by Crippen LogP contribution is 2.24. The zero-order valence-corrected chi connectivity index (χ0v) is 13.6. The second kappa shape index (κ2) is 6.44. The molecule has 0 saturated heterocycles. The van der Waals surface area contributed by atoms with Crippen LogP contribution in [0.1, 0.15) is 31.1 Å². The molecule has 0 bridgehead atoms. The van der Waals surface area contributed by atoms with Crippen LogP contribution in [0.2, 0.25) is 5.15 Å². The molecule has 116 valence electrons. The fraction of sp³-hybridized carbons (Fsp3) is 0.294. The van der Waals surface area contributed by atoms with Crippen molar-refractivity contribution in [1.82, 2.24) is 4.98 Å². The van der Waals surface area contributed by atoms with Crippen LogP contribution in [0.5, 0.6) is 0 Å². The lowest BCUT2D eigenvalue weighted by Crippen LogP contribution is -2.38. The van der Waals surface area contributed by atoms with Crippen molar-refractivity contribution in [3.05, 3.63) is 59.1 Å². The Morgan fingerprint density at radius 3 is 2.41 bits per heavy atom. The van der Waals surface area contributed by atoms with Crippen molar-refractivity contribution in [2.75, 3.05) is 11.4 Å². The van der Waals surface area contributed by atoms with Crippen molar-refractivity contribution >= 4 is 23.2 Å². The lowest BCUT2D eigenvalue weighted by atomic mass is 9.95. The molecule has 2 aromatic rings. The van der Waals surface area contributed by atoms with Gasteiger partial charge >= 0.3 is 0 Å². The minimum absolute atomic E-state index is 0.110. The van der Waals surface area contributed by atoms with Crippen LogP contribution in [-0.2, 0) is 0 Å². The Balaban J connectivity index is 2.39. The lowest BCUT2D eigenvalue weighted by molar-refractivity contribution is 0.0977. The summed E-state index contributed by atoms with van der Waals surface area (Å²) in [4.78, 5) is 18.3. The second-order valence-corrected chi connectivity index (χ2v) is 6.68. The van der Waals surface area contributed by atoms with Gasteiger partial charge in [0.05, 0.1) is 0 Å². The zero-order valence-electron chi connectivity index (χ0n) is 12.8. The van der Waals surface area contributed by atoms with Crippen LogP contribution in [0, 0.1) is 11.2 Å². The maximum atomic E-state index is 13.1. The summed E-state index contributed by atoms with van der Waals surface area (Å²) < 4.78 is 13.1. The van der Waals surface area contributed by atoms with Crippen molar-refractivity contribution in [1.29, 1.82) is 0 Å². The van der Waals surface area contributed by atoms with Crippen LogP contribution in [0.3, 0.4) is 0 Å². The Morgan fingerprint density at radius 1 is 1.23 bits per heavy atom. The molecule has 1 amide bonds. The van der Waals surface area contributed by atoms with E-state index in [2.05, 4.69) is 4.98 Å². The van der Waals surface area contributed by atoms with Crippen molar-refractivity contribution in [3.8, 4) is 0 Å². The number of aromatic nitrogens is 1. The molecule has 3 nitrogen and oxygen atoms in total. The standard InChI is InChI=1S/C17H18ClFN2O/c1-17(2,3)11-21(14-6-4-13(19)5-7-14)16(22)12-8-9-20-15(18)10-12/h4-10H,11H2,1-3H3. The monoisotopic (exact) mass is 320 g/mol. The first-order valence-corrected chi connectivity index (χ1v) is 7.33. The molecule has 0 saturated carbocycles. The van der Waals surface area contributed by atoms with Crippen LogP contribution in [0.25, 0.3) is 0 Å². The highest BCUT2D eigenvalue weighted by molar-refractivity contribution is 6.29. The van der Waals surface area contributed by atoms with Gasteiger partial charge in [-0.2, -0.15) is 0 Å². The number of hydrogen-bond donors (Lipinski definition) is 0. The van der Waals surface area contributed by atoms with E-state index in [0.717, 1.165) is 0 Å². The summed E-state index contributed by atoms with van der Waals surface area (Å²) in [6, 6.07) is 9.04. The summed E-state index contributed by atoms with van der Waals surface area (Å²) in [7, 11) is 0. The molecule has 0 spiro atoms. The summed E-state index contributed by atoms with van der Waals surface area (Å²) in [6.45, 7) is 6.61. The third-order valence-corrected chi connectivity index (χ3v) is 3.20. The predicted molar refractivity (Wildman–Crippen MR) is 86.8 cm³/mol. The van der Waals surface area contributed by atoms with E-state index in [9.17, 15) is 9.18 Å². The van der Waals surface area contributed by atoms with E-state index in [-0.39, 0.29) is 22.3 Å². The first kappa shape index (κ1) is 16.4. The van der Waals surface area contributed by atoms with Gasteiger partial charge in [0.25, 0.3) is 5.91 Å². The van der Waals surface area contributed by atoms with Crippen LogP contribution < -0.4 is 4.90 Å². The molecule has 0 aliphatic rings. The maximum Gasteiger partial charge on any atom is 0.258 e. The van der Waals surface area contributed by atoms with E-state index in [4.69, 9.17) is 11.6 Å². The molecule has 2 rings (SSSR count). The van der Waals surface area contributed by atoms with E-state index in [1.165, 1.54) is 24.4 Å². The number of benzene rings is 1. The summed E-state index contributed by atoms with van der Waals surface area (Å²) in [5.74, 6) is -0.523. The second-order valence-electron chi connectivity index (χ2n) is 6.30. The Kier molecular flexibility index (Phi) is 4.81. The number of anilines is 1. The SMILES string of the molecule is CC(C)(C)CN(C(=O)c1ccnc(Cl)c1)c1ccc(F)cc1. The van der Waals surface area contributed by atoms with Crippen LogP contribution in [-0.4, -0.2) is 17.4 Å². The molecule has 0 atom stereocenters. The highest BCUT2D eigenvalue weighted by atomic mass is 35.5. The molecule has 0 N–H and O–H groups in total. The number of halogens is 2. The lowest BCUT2D eigenvalue weighted by Gasteiger charge is -2.30. The number of nitrogens with zero attached hydrogens (tertiary/aromatic N) is 2. The van der Waals surface area contributed by atoms with Gasteiger partial charge < -0.3 is 4.90 Å². The number of pyridine rings is 1. The smallest absolute Gasteiger partial charge is 0.258 e. The number of amides is 1. The van der Waals surface area contributed by atoms with Gasteiger partial charge in [-0.15, -0.1) is 0 Å². The van der Waals surface area contributed by atoms with Gasteiger partial charge in [0.15, 0.2) is 0 Å². The first-order chi connectivity index (χ1) is 10.3. The fourth-order valence-corrected chi connectivity index (χ4v) is 2.24. The van der Waals surface area contributed by atoms with Gasteiger partial charge in [-0.1, -0.05) is 32.4 Å². The molecular formula is C17H18ClFN2O. The largest absolute Gasteiger partial charge is 0.308 e. The predicted octanol–water partition coefficient (Wildman–Crippen LogP) is 4.57. The van der Waals surface area contributed by atoms with Gasteiger partial charge in [-0.05, 0) is 41.8 Å². The third kappa shape index (κ3) is 4.28. The van der Waals surface area contributed by atoms with E-state index < -0.39 is 0 Å². The van der Waals surface area contributed by atoms with E-state index >= 15 is 0 Å². The molecule has 5 heteroatoms. The van der Waals surface area contributed by atoms with Crippen LogP contribution >= 0.6 is 11.6 Å². The summed E-state index contributed by atoms with van der Waals surface area (Å²) in [5, 5.41) is 0.265. The average molecular weight is 321 g/mol. The van der Waals surface area contributed by atoms with Crippen molar-refractivity contribution < 1.29 is 9.18 Å². The number of hydrogen-bond acceptors (Lipinski definition) is 2. The van der Waals surface area contributed by atoms with Gasteiger partial charge in [0.1, 0.15) is 11.0 Å². The van der Waals surface area contributed by atoms with Gasteiger partial charge in [-0.25, -0.2) is 9.37 Å². The Morgan fingerprint density at radius 2 is 1.86 bits per heavy atom. The van der Waals surface area contributed by atoms with Crippen molar-refractivity contribution in [2.24, 2.45) is 5.41 Å². The first-order valence-electron chi connectivity index (χ1n) is 6.95. The topological polar surface area (TPSA) is 33.2 Å². The molecular weight excluding hydrogens is 303 g/mol. The number of carbonyl (C=O) groups is 1. The zero-order chi connectivity index (χ0) is 16.3. The Bertz CT molecular complexity index is 665. The van der Waals surface area contributed by atoms with E-state index in [1.807, 2.05) is 20.8 Å². The molecule has 0 aliphatic carbocycles. The fourth-order valence-electron chi connectivity index (χ4n) is 2.07. The molecule has 1 aromatic carbocycles. The molecule has 22 heavy (non-hydrogen) atoms. The minimum Gasteiger partial charge on any atom is -0.308 e. The molecule has 0 fully saturated rings. The van der Waals surface area contributed by atoms with Crippen molar-refractivity contribution in [3.63, 3.8) is 0 Å². The molecule has 0 aliphatic heterocycles. The van der Waals surface area contributed by atoms with Crippen LogP contribution in [0.15, 0.2) is 42.6 Å². The quantitative estimate of drug-likeness (QED) is 0.776. The minimum atomic E-state index is -0.334. The van der Waals surface area contributed by atoms with E-state index in [1.54, 1.807) is 23.1 Å². The summed E-state index contributed by atoms with van der Waals surface area (Å²) >= 11 is 5.86. The molecule has 0 radical (unpaired) electrons. The Labute approximate surface area is 134 Å².